The lowest BCUT2D eigenvalue weighted by Gasteiger charge is -2.29. The number of thiophene rings is 1. The Bertz CT molecular complexity index is 498. The molecule has 2 N–H and O–H groups in total. The predicted octanol–water partition coefficient (Wildman–Crippen LogP) is 3.82. The number of methoxy groups -OCH3 is 1. The van der Waals surface area contributed by atoms with Gasteiger partial charge >= 0.3 is 0 Å². The van der Waals surface area contributed by atoms with Gasteiger partial charge in [-0.3, -0.25) is 4.99 Å². The molecule has 0 aliphatic heterocycles. The number of aliphatic imine (C=N–C) groups is 1. The molecule has 0 amide bonds. The molecule has 0 unspecified atom stereocenters. The minimum Gasteiger partial charge on any atom is -0.385 e. The Balaban J connectivity index is 1.75. The fraction of sp³-hybridized carbons (Fsp3) is 0.706. The van der Waals surface area contributed by atoms with Crippen LogP contribution in [0, 0.1) is 5.41 Å². The molecule has 4 nitrogen and oxygen atoms in total. The van der Waals surface area contributed by atoms with Crippen molar-refractivity contribution in [2.24, 2.45) is 10.4 Å². The van der Waals surface area contributed by atoms with Crippen molar-refractivity contribution in [3.05, 3.63) is 20.8 Å². The maximum atomic E-state index is 5.30. The molecule has 1 aliphatic rings. The molecule has 1 aromatic rings. The van der Waals surface area contributed by atoms with Crippen molar-refractivity contribution >= 4 is 33.2 Å². The summed E-state index contributed by atoms with van der Waals surface area (Å²) in [5.74, 6) is 0.907. The number of hydrogen-bond acceptors (Lipinski definition) is 3. The van der Waals surface area contributed by atoms with E-state index >= 15 is 0 Å². The van der Waals surface area contributed by atoms with Crippen molar-refractivity contribution in [3.8, 4) is 0 Å². The third-order valence-corrected chi connectivity index (χ3v) is 6.33. The summed E-state index contributed by atoms with van der Waals surface area (Å²) in [6, 6.07) is 4.28. The van der Waals surface area contributed by atoms with E-state index in [2.05, 4.69) is 43.7 Å². The van der Waals surface area contributed by atoms with E-state index in [1.54, 1.807) is 18.4 Å². The van der Waals surface area contributed by atoms with Gasteiger partial charge in [-0.2, -0.15) is 0 Å². The molecule has 0 bridgehead atoms. The summed E-state index contributed by atoms with van der Waals surface area (Å²) in [4.78, 5) is 5.74. The first-order valence-corrected chi connectivity index (χ1v) is 9.96. The second kappa shape index (κ2) is 9.64. The van der Waals surface area contributed by atoms with Crippen LogP contribution in [0.25, 0.3) is 0 Å². The van der Waals surface area contributed by atoms with Crippen molar-refractivity contribution in [1.29, 1.82) is 0 Å². The molecule has 6 heteroatoms. The van der Waals surface area contributed by atoms with Crippen LogP contribution in [0.4, 0.5) is 0 Å². The van der Waals surface area contributed by atoms with Crippen LogP contribution in [-0.2, 0) is 11.2 Å². The molecule has 0 saturated heterocycles. The van der Waals surface area contributed by atoms with Gasteiger partial charge in [-0.05, 0) is 59.2 Å². The highest BCUT2D eigenvalue weighted by atomic mass is 79.9. The SMILES string of the molecule is CN=C(NCCc1ccc(Br)s1)NCC1(CCOC)CCCC1. The number of hydrogen-bond donors (Lipinski definition) is 2. The van der Waals surface area contributed by atoms with Crippen molar-refractivity contribution < 1.29 is 4.74 Å². The second-order valence-corrected chi connectivity index (χ2v) is 8.81. The molecular formula is C17H28BrN3OS. The summed E-state index contributed by atoms with van der Waals surface area (Å²) in [6.07, 6.45) is 7.42. The third kappa shape index (κ3) is 6.08. The van der Waals surface area contributed by atoms with E-state index < -0.39 is 0 Å². The number of halogens is 1. The Labute approximate surface area is 152 Å². The molecule has 0 atom stereocenters. The molecule has 1 saturated carbocycles. The van der Waals surface area contributed by atoms with Gasteiger partial charge in [-0.15, -0.1) is 11.3 Å². The zero-order valence-electron chi connectivity index (χ0n) is 14.2. The smallest absolute Gasteiger partial charge is 0.191 e. The zero-order valence-corrected chi connectivity index (χ0v) is 16.6. The maximum absolute atomic E-state index is 5.30. The van der Waals surface area contributed by atoms with E-state index in [-0.39, 0.29) is 0 Å². The van der Waals surface area contributed by atoms with Crippen LogP contribution in [0.1, 0.15) is 37.0 Å². The summed E-state index contributed by atoms with van der Waals surface area (Å²) < 4.78 is 6.49. The van der Waals surface area contributed by atoms with Crippen molar-refractivity contribution in [1.82, 2.24) is 10.6 Å². The molecule has 0 spiro atoms. The second-order valence-electron chi connectivity index (χ2n) is 6.26. The van der Waals surface area contributed by atoms with Gasteiger partial charge in [0.2, 0.25) is 0 Å². The average molecular weight is 402 g/mol. The van der Waals surface area contributed by atoms with Crippen molar-refractivity contribution in [3.63, 3.8) is 0 Å². The molecule has 1 heterocycles. The van der Waals surface area contributed by atoms with E-state index in [1.807, 2.05) is 7.05 Å². The number of guanidine groups is 1. The fourth-order valence-corrected chi connectivity index (χ4v) is 4.72. The molecule has 130 valence electrons. The number of ether oxygens (including phenoxy) is 1. The predicted molar refractivity (Wildman–Crippen MR) is 102 cm³/mol. The van der Waals surface area contributed by atoms with Crippen LogP contribution in [0.3, 0.4) is 0 Å². The van der Waals surface area contributed by atoms with E-state index in [1.165, 1.54) is 34.3 Å². The Morgan fingerprint density at radius 2 is 2.13 bits per heavy atom. The minimum absolute atomic E-state index is 0.381. The lowest BCUT2D eigenvalue weighted by molar-refractivity contribution is 0.138. The van der Waals surface area contributed by atoms with Crippen LogP contribution in [0.15, 0.2) is 20.9 Å². The highest BCUT2D eigenvalue weighted by Gasteiger charge is 2.33. The lowest BCUT2D eigenvalue weighted by Crippen LogP contribution is -2.43. The van der Waals surface area contributed by atoms with Crippen LogP contribution < -0.4 is 10.6 Å². The molecule has 1 fully saturated rings. The minimum atomic E-state index is 0.381. The Morgan fingerprint density at radius 3 is 2.74 bits per heavy atom. The first kappa shape index (κ1) is 18.7. The topological polar surface area (TPSA) is 45.7 Å². The quantitative estimate of drug-likeness (QED) is 0.513. The first-order chi connectivity index (χ1) is 11.2. The van der Waals surface area contributed by atoms with E-state index in [0.717, 1.165) is 38.5 Å². The van der Waals surface area contributed by atoms with Crippen LogP contribution in [-0.4, -0.2) is 39.8 Å². The Morgan fingerprint density at radius 1 is 1.35 bits per heavy atom. The molecule has 0 aromatic carbocycles. The van der Waals surface area contributed by atoms with Crippen molar-refractivity contribution in [2.75, 3.05) is 33.9 Å². The Hall–Kier alpha value is -0.590. The normalized spacial score (nSPS) is 17.4. The molecule has 2 rings (SSSR count). The molecular weight excluding hydrogens is 374 g/mol. The number of nitrogens with one attached hydrogen (secondary N) is 2. The van der Waals surface area contributed by atoms with E-state index in [0.29, 0.717) is 5.41 Å². The number of nitrogens with zero attached hydrogens (tertiary/aromatic N) is 1. The van der Waals surface area contributed by atoms with Gasteiger partial charge in [-0.1, -0.05) is 12.8 Å². The van der Waals surface area contributed by atoms with E-state index in [9.17, 15) is 0 Å². The summed E-state index contributed by atoms with van der Waals surface area (Å²) in [7, 11) is 3.63. The highest BCUT2D eigenvalue weighted by molar-refractivity contribution is 9.11. The summed E-state index contributed by atoms with van der Waals surface area (Å²) in [5, 5.41) is 6.95. The van der Waals surface area contributed by atoms with Gasteiger partial charge in [0.15, 0.2) is 5.96 Å². The van der Waals surface area contributed by atoms with E-state index in [4.69, 9.17) is 4.74 Å². The number of rotatable bonds is 8. The molecule has 1 aliphatic carbocycles. The maximum Gasteiger partial charge on any atom is 0.191 e. The fourth-order valence-electron chi connectivity index (χ4n) is 3.24. The van der Waals surface area contributed by atoms with Crippen molar-refractivity contribution in [2.45, 2.75) is 38.5 Å². The van der Waals surface area contributed by atoms with Gasteiger partial charge in [-0.25, -0.2) is 0 Å². The van der Waals surface area contributed by atoms with Gasteiger partial charge in [0.1, 0.15) is 0 Å². The zero-order chi connectivity index (χ0) is 16.5. The first-order valence-electron chi connectivity index (χ1n) is 8.35. The van der Waals surface area contributed by atoms with Gasteiger partial charge in [0.05, 0.1) is 3.79 Å². The van der Waals surface area contributed by atoms with Crippen LogP contribution >= 0.6 is 27.3 Å². The molecule has 1 aromatic heterocycles. The summed E-state index contributed by atoms with van der Waals surface area (Å²) >= 11 is 5.30. The molecule has 0 radical (unpaired) electrons. The lowest BCUT2D eigenvalue weighted by atomic mass is 9.83. The van der Waals surface area contributed by atoms with Gasteiger partial charge in [0.25, 0.3) is 0 Å². The molecule has 23 heavy (non-hydrogen) atoms. The van der Waals surface area contributed by atoms with Gasteiger partial charge in [0, 0.05) is 38.7 Å². The van der Waals surface area contributed by atoms with Crippen LogP contribution in [0.2, 0.25) is 0 Å². The monoisotopic (exact) mass is 401 g/mol. The third-order valence-electron chi connectivity index (χ3n) is 4.65. The van der Waals surface area contributed by atoms with Crippen LogP contribution in [0.5, 0.6) is 0 Å². The van der Waals surface area contributed by atoms with Gasteiger partial charge < -0.3 is 15.4 Å². The largest absolute Gasteiger partial charge is 0.385 e. The summed E-state index contributed by atoms with van der Waals surface area (Å²) in [5.41, 5.74) is 0.381. The standard InChI is InChI=1S/C17H28BrN3OS/c1-19-16(20-11-7-14-5-6-15(18)23-14)21-13-17(10-12-22-2)8-3-4-9-17/h5-6H,3-4,7-13H2,1-2H3,(H2,19,20,21). The highest BCUT2D eigenvalue weighted by Crippen LogP contribution is 2.40. The average Bonchev–Trinajstić information content (AvgIpc) is 3.18. The summed E-state index contributed by atoms with van der Waals surface area (Å²) in [6.45, 7) is 2.74. The Kier molecular flexibility index (Phi) is 7.86.